The highest BCUT2D eigenvalue weighted by Crippen LogP contribution is 2.22. The van der Waals surface area contributed by atoms with E-state index in [-0.39, 0.29) is 11.3 Å². The number of benzene rings is 1. The Morgan fingerprint density at radius 2 is 2.00 bits per heavy atom. The summed E-state index contributed by atoms with van der Waals surface area (Å²) in [5, 5.41) is 9.51. The van der Waals surface area contributed by atoms with Crippen LogP contribution in [0.3, 0.4) is 0 Å². The van der Waals surface area contributed by atoms with Gasteiger partial charge in [-0.15, -0.1) is 0 Å². The smallest absolute Gasteiger partial charge is 0.411 e. The summed E-state index contributed by atoms with van der Waals surface area (Å²) in [4.78, 5) is 0. The minimum atomic E-state index is -4.45. The summed E-state index contributed by atoms with van der Waals surface area (Å²) < 4.78 is 57.6. The molecule has 0 bridgehead atoms. The van der Waals surface area contributed by atoms with Crippen LogP contribution in [0.4, 0.5) is 17.6 Å². The number of rotatable bonds is 5. The third-order valence-electron chi connectivity index (χ3n) is 2.10. The van der Waals surface area contributed by atoms with Crippen LogP contribution in [0.25, 0.3) is 0 Å². The molecule has 1 N–H and O–H groups in total. The summed E-state index contributed by atoms with van der Waals surface area (Å²) in [6.07, 6.45) is -5.78. The maximum Gasteiger partial charge on any atom is 0.411 e. The Bertz CT molecular complexity index is 392. The normalized spacial score (nSPS) is 13.4. The van der Waals surface area contributed by atoms with Crippen molar-refractivity contribution in [3.63, 3.8) is 0 Å². The first kappa shape index (κ1) is 14.7. The lowest BCUT2D eigenvalue weighted by atomic mass is 10.1. The second-order valence-electron chi connectivity index (χ2n) is 3.54. The summed E-state index contributed by atoms with van der Waals surface area (Å²) in [6.45, 7) is -2.02. The van der Waals surface area contributed by atoms with E-state index in [4.69, 9.17) is 0 Å². The molecule has 1 aromatic carbocycles. The highest BCUT2D eigenvalue weighted by molar-refractivity contribution is 5.30. The molecule has 0 fully saturated rings. The Hall–Kier alpha value is -1.34. The van der Waals surface area contributed by atoms with Gasteiger partial charge in [-0.2, -0.15) is 13.2 Å². The number of aliphatic hydroxyl groups excluding tert-OH is 1. The molecule has 102 valence electrons. The summed E-state index contributed by atoms with van der Waals surface area (Å²) in [6, 6.07) is 3.61. The summed E-state index contributed by atoms with van der Waals surface area (Å²) in [5.41, 5.74) is 0.121. The third kappa shape index (κ3) is 4.50. The second kappa shape index (κ2) is 6.01. The van der Waals surface area contributed by atoms with Crippen LogP contribution in [-0.2, 0) is 4.74 Å². The van der Waals surface area contributed by atoms with Gasteiger partial charge in [0.05, 0.1) is 13.7 Å². The van der Waals surface area contributed by atoms with Crippen LogP contribution >= 0.6 is 0 Å². The summed E-state index contributed by atoms with van der Waals surface area (Å²) in [5.74, 6) is -0.716. The number of aliphatic hydroxyl groups is 1. The lowest BCUT2D eigenvalue weighted by Gasteiger charge is -2.13. The number of alkyl halides is 3. The molecule has 0 saturated carbocycles. The first-order valence-electron chi connectivity index (χ1n) is 4.99. The van der Waals surface area contributed by atoms with Crippen LogP contribution in [0.1, 0.15) is 11.7 Å². The van der Waals surface area contributed by atoms with Crippen molar-refractivity contribution in [1.29, 1.82) is 0 Å². The van der Waals surface area contributed by atoms with E-state index in [1.165, 1.54) is 19.2 Å². The topological polar surface area (TPSA) is 38.7 Å². The number of methoxy groups -OCH3 is 1. The quantitative estimate of drug-likeness (QED) is 0.834. The molecule has 0 heterocycles. The number of hydrogen-bond donors (Lipinski definition) is 1. The summed E-state index contributed by atoms with van der Waals surface area (Å²) >= 11 is 0. The van der Waals surface area contributed by atoms with E-state index in [0.29, 0.717) is 0 Å². The monoisotopic (exact) mass is 268 g/mol. The minimum Gasteiger partial charge on any atom is -0.494 e. The van der Waals surface area contributed by atoms with Crippen LogP contribution < -0.4 is 4.74 Å². The Labute approximate surface area is 101 Å². The molecular weight excluding hydrogens is 256 g/mol. The zero-order chi connectivity index (χ0) is 13.8. The van der Waals surface area contributed by atoms with E-state index in [1.807, 2.05) is 0 Å². The van der Waals surface area contributed by atoms with E-state index in [9.17, 15) is 22.7 Å². The summed E-state index contributed by atoms with van der Waals surface area (Å²) in [7, 11) is 1.28. The van der Waals surface area contributed by atoms with Crippen molar-refractivity contribution in [1.82, 2.24) is 0 Å². The maximum atomic E-state index is 13.3. The van der Waals surface area contributed by atoms with Crippen LogP contribution in [0.15, 0.2) is 18.2 Å². The Kier molecular flexibility index (Phi) is 4.92. The van der Waals surface area contributed by atoms with Gasteiger partial charge in [0, 0.05) is 0 Å². The minimum absolute atomic E-state index is 0.0119. The third-order valence-corrected chi connectivity index (χ3v) is 2.10. The molecule has 1 atom stereocenters. The van der Waals surface area contributed by atoms with E-state index in [0.717, 1.165) is 6.07 Å². The predicted octanol–water partition coefficient (Wildman–Crippen LogP) is 2.45. The Morgan fingerprint density at radius 3 is 2.50 bits per heavy atom. The number of hydrogen-bond acceptors (Lipinski definition) is 3. The standard InChI is InChI=1S/C11H12F4O3/c1-17-10-3-2-7(4-8(10)12)9(16)5-18-6-11(13,14)15/h2-4,9,16H,5-6H2,1H3. The highest BCUT2D eigenvalue weighted by atomic mass is 19.4. The maximum absolute atomic E-state index is 13.3. The van der Waals surface area contributed by atoms with Crippen molar-refractivity contribution in [2.45, 2.75) is 12.3 Å². The van der Waals surface area contributed by atoms with E-state index in [2.05, 4.69) is 9.47 Å². The van der Waals surface area contributed by atoms with E-state index in [1.54, 1.807) is 0 Å². The van der Waals surface area contributed by atoms with Crippen LogP contribution in [0.2, 0.25) is 0 Å². The molecule has 0 aliphatic carbocycles. The van der Waals surface area contributed by atoms with Gasteiger partial charge in [-0.3, -0.25) is 0 Å². The SMILES string of the molecule is COc1ccc(C(O)COCC(F)(F)F)cc1F. The molecule has 0 radical (unpaired) electrons. The van der Waals surface area contributed by atoms with Gasteiger partial charge < -0.3 is 14.6 Å². The van der Waals surface area contributed by atoms with Crippen LogP contribution in [0, 0.1) is 5.82 Å². The lowest BCUT2D eigenvalue weighted by Crippen LogP contribution is -2.19. The van der Waals surface area contributed by atoms with Crippen molar-refractivity contribution < 1.29 is 32.1 Å². The van der Waals surface area contributed by atoms with Gasteiger partial charge >= 0.3 is 6.18 Å². The molecule has 18 heavy (non-hydrogen) atoms. The molecule has 0 aliphatic heterocycles. The van der Waals surface area contributed by atoms with Crippen molar-refractivity contribution in [2.24, 2.45) is 0 Å². The molecule has 0 aliphatic rings. The second-order valence-corrected chi connectivity index (χ2v) is 3.54. The molecule has 1 aromatic rings. The fourth-order valence-corrected chi connectivity index (χ4v) is 1.27. The number of ether oxygens (including phenoxy) is 2. The van der Waals surface area contributed by atoms with Gasteiger partial charge in [-0.05, 0) is 17.7 Å². The van der Waals surface area contributed by atoms with Crippen molar-refractivity contribution in [2.75, 3.05) is 20.3 Å². The first-order valence-corrected chi connectivity index (χ1v) is 4.99. The van der Waals surface area contributed by atoms with E-state index >= 15 is 0 Å². The van der Waals surface area contributed by atoms with Crippen molar-refractivity contribution in [3.05, 3.63) is 29.6 Å². The fourth-order valence-electron chi connectivity index (χ4n) is 1.27. The molecular formula is C11H12F4O3. The van der Waals surface area contributed by atoms with Crippen LogP contribution in [-0.4, -0.2) is 31.6 Å². The average molecular weight is 268 g/mol. The van der Waals surface area contributed by atoms with Gasteiger partial charge in [-0.25, -0.2) is 4.39 Å². The fraction of sp³-hybridized carbons (Fsp3) is 0.455. The Balaban J connectivity index is 2.56. The zero-order valence-electron chi connectivity index (χ0n) is 9.50. The zero-order valence-corrected chi connectivity index (χ0v) is 9.50. The van der Waals surface area contributed by atoms with Crippen LogP contribution in [0.5, 0.6) is 5.75 Å². The number of halogens is 4. The molecule has 1 unspecified atom stereocenters. The van der Waals surface area contributed by atoms with Gasteiger partial charge in [0.15, 0.2) is 11.6 Å². The first-order chi connectivity index (χ1) is 8.33. The Morgan fingerprint density at radius 1 is 1.33 bits per heavy atom. The van der Waals surface area contributed by atoms with Crippen molar-refractivity contribution in [3.8, 4) is 5.75 Å². The molecule has 0 aromatic heterocycles. The molecule has 1 rings (SSSR count). The van der Waals surface area contributed by atoms with Gasteiger partial charge in [0.2, 0.25) is 0 Å². The van der Waals surface area contributed by atoms with Crippen molar-refractivity contribution >= 4 is 0 Å². The molecule has 7 heteroatoms. The highest BCUT2D eigenvalue weighted by Gasteiger charge is 2.28. The largest absolute Gasteiger partial charge is 0.494 e. The molecule has 0 saturated heterocycles. The van der Waals surface area contributed by atoms with Gasteiger partial charge in [0.1, 0.15) is 12.7 Å². The van der Waals surface area contributed by atoms with E-state index < -0.39 is 31.3 Å². The average Bonchev–Trinajstić information content (AvgIpc) is 2.27. The van der Waals surface area contributed by atoms with Gasteiger partial charge in [0.25, 0.3) is 0 Å². The molecule has 3 nitrogen and oxygen atoms in total. The molecule has 0 amide bonds. The van der Waals surface area contributed by atoms with Gasteiger partial charge in [-0.1, -0.05) is 6.07 Å². The predicted molar refractivity (Wildman–Crippen MR) is 54.8 cm³/mol. The molecule has 0 spiro atoms. The lowest BCUT2D eigenvalue weighted by molar-refractivity contribution is -0.179.